The molecule has 1 N–H and O–H groups in total. The van der Waals surface area contributed by atoms with Gasteiger partial charge in [-0.3, -0.25) is 4.99 Å². The highest BCUT2D eigenvalue weighted by Gasteiger charge is 2.36. The minimum absolute atomic E-state index is 0.0540. The van der Waals surface area contributed by atoms with E-state index in [9.17, 15) is 0 Å². The fourth-order valence-corrected chi connectivity index (χ4v) is 5.65. The van der Waals surface area contributed by atoms with Gasteiger partial charge in [0.1, 0.15) is 25.1 Å². The molecule has 0 amide bonds. The van der Waals surface area contributed by atoms with Gasteiger partial charge in [0.25, 0.3) is 0 Å². The van der Waals surface area contributed by atoms with E-state index in [0.29, 0.717) is 0 Å². The van der Waals surface area contributed by atoms with E-state index >= 15 is 0 Å². The predicted molar refractivity (Wildman–Crippen MR) is 145 cm³/mol. The molecule has 0 spiro atoms. The zero-order valence-electron chi connectivity index (χ0n) is 20.7. The second kappa shape index (κ2) is 7.67. The van der Waals surface area contributed by atoms with Gasteiger partial charge in [-0.1, -0.05) is 44.7 Å². The Hall–Kier alpha value is -4.18. The van der Waals surface area contributed by atoms with Crippen LogP contribution in [0.15, 0.2) is 92.0 Å². The zero-order chi connectivity index (χ0) is 24.3. The molecule has 1 aliphatic carbocycles. The van der Waals surface area contributed by atoms with Crippen LogP contribution in [0.5, 0.6) is 0 Å². The number of aryl methyl sites for hydroxylation is 1. The van der Waals surface area contributed by atoms with E-state index in [1.807, 2.05) is 26.4 Å². The first-order valence-electron chi connectivity index (χ1n) is 12.0. The van der Waals surface area contributed by atoms with Crippen molar-refractivity contribution in [3.05, 3.63) is 103 Å². The number of aromatic nitrogens is 3. The van der Waals surface area contributed by atoms with Gasteiger partial charge in [-0.2, -0.15) is 0 Å². The Balaban J connectivity index is 1.73. The van der Waals surface area contributed by atoms with E-state index in [-0.39, 0.29) is 5.41 Å². The summed E-state index contributed by atoms with van der Waals surface area (Å²) in [6.07, 6.45) is 12.2. The van der Waals surface area contributed by atoms with Crippen molar-refractivity contribution in [1.82, 2.24) is 9.13 Å². The molecule has 35 heavy (non-hydrogen) atoms. The molecule has 172 valence electrons. The summed E-state index contributed by atoms with van der Waals surface area (Å²) < 4.78 is 6.56. The lowest BCUT2D eigenvalue weighted by Crippen LogP contribution is -2.62. The van der Waals surface area contributed by atoms with Crippen LogP contribution >= 0.6 is 0 Å². The number of hydrogen-bond donors (Lipinski definition) is 1. The van der Waals surface area contributed by atoms with Crippen LogP contribution in [0, 0.1) is 0 Å². The van der Waals surface area contributed by atoms with Crippen molar-refractivity contribution in [1.29, 1.82) is 0 Å². The molecule has 6 rings (SSSR count). The molecule has 0 fully saturated rings. The summed E-state index contributed by atoms with van der Waals surface area (Å²) in [5, 5.41) is 2.48. The average Bonchev–Trinajstić information content (AvgIpc) is 3.50. The van der Waals surface area contributed by atoms with Gasteiger partial charge >= 0.3 is 0 Å². The normalized spacial score (nSPS) is 14.7. The maximum atomic E-state index is 4.14. The molecule has 0 unspecified atom stereocenters. The topological polar surface area (TPSA) is 27.7 Å². The minimum Gasteiger partial charge on any atom is -0.309 e. The summed E-state index contributed by atoms with van der Waals surface area (Å²) in [6, 6.07) is 20.3. The van der Waals surface area contributed by atoms with E-state index in [1.54, 1.807) is 0 Å². The molecule has 0 saturated carbocycles. The first-order chi connectivity index (χ1) is 16.9. The molecule has 2 aromatic heterocycles. The molecule has 0 atom stereocenters. The monoisotopic (exact) mass is 458 g/mol. The molecule has 2 heterocycles. The van der Waals surface area contributed by atoms with Gasteiger partial charge in [-0.25, -0.2) is 9.13 Å². The van der Waals surface area contributed by atoms with E-state index in [2.05, 4.69) is 119 Å². The molecular formula is C31H30N4+2. The Labute approximate surface area is 205 Å². The molecule has 0 bridgehead atoms. The van der Waals surface area contributed by atoms with Crippen LogP contribution in [0.1, 0.15) is 25.0 Å². The highest BCUT2D eigenvalue weighted by molar-refractivity contribution is 6.13. The van der Waals surface area contributed by atoms with Gasteiger partial charge in [0.05, 0.1) is 23.8 Å². The molecule has 4 nitrogen and oxygen atoms in total. The molecule has 0 saturated heterocycles. The Morgan fingerprint density at radius 2 is 1.77 bits per heavy atom. The van der Waals surface area contributed by atoms with Crippen molar-refractivity contribution in [2.24, 2.45) is 7.05 Å². The molecule has 5 aromatic rings. The number of allylic oxidation sites excluding steroid dienone is 3. The Kier molecular flexibility index (Phi) is 4.68. The van der Waals surface area contributed by atoms with Crippen molar-refractivity contribution >= 4 is 33.7 Å². The van der Waals surface area contributed by atoms with Crippen molar-refractivity contribution < 1.29 is 9.56 Å². The second-order valence-corrected chi connectivity index (χ2v) is 9.86. The van der Waals surface area contributed by atoms with E-state index in [0.717, 1.165) is 11.4 Å². The first kappa shape index (κ1) is 21.4. The summed E-state index contributed by atoms with van der Waals surface area (Å²) in [7, 11) is 3.96. The Morgan fingerprint density at radius 1 is 0.971 bits per heavy atom. The summed E-state index contributed by atoms with van der Waals surface area (Å²) >= 11 is 0. The fraction of sp³-hybridized carbons (Fsp3) is 0.161. The third-order valence-electron chi connectivity index (χ3n) is 7.41. The Morgan fingerprint density at radius 3 is 2.51 bits per heavy atom. The highest BCUT2D eigenvalue weighted by Crippen LogP contribution is 2.50. The quantitative estimate of drug-likeness (QED) is 0.233. The third-order valence-corrected chi connectivity index (χ3v) is 7.41. The van der Waals surface area contributed by atoms with Crippen LogP contribution in [-0.4, -0.2) is 22.4 Å². The zero-order valence-corrected chi connectivity index (χ0v) is 20.7. The molecule has 1 aliphatic rings. The number of imidazole rings is 1. The lowest BCUT2D eigenvalue weighted by molar-refractivity contribution is -0.670. The number of nitrogens with zero attached hydrogens (tertiary/aromatic N) is 3. The Bertz CT molecular complexity index is 1710. The SMILES string of the molecule is C=C/C(=C\C=[NH+]C)n1c2ccc(-n3cc[n+](C)c3)cc2c2cc3c(cc21)C(C)(C)c1ccccc1-3. The number of nitrogens with one attached hydrogen (secondary N) is 1. The summed E-state index contributed by atoms with van der Waals surface area (Å²) in [6.45, 7) is 8.81. The van der Waals surface area contributed by atoms with Crippen LogP contribution in [0.25, 0.3) is 44.3 Å². The smallest absolute Gasteiger partial charge is 0.248 e. The van der Waals surface area contributed by atoms with Crippen molar-refractivity contribution in [3.63, 3.8) is 0 Å². The number of hydrogen-bond acceptors (Lipinski definition) is 0. The maximum Gasteiger partial charge on any atom is 0.248 e. The molecule has 3 aromatic carbocycles. The highest BCUT2D eigenvalue weighted by atomic mass is 15.1. The number of benzene rings is 3. The fourth-order valence-electron chi connectivity index (χ4n) is 5.65. The minimum atomic E-state index is -0.0540. The van der Waals surface area contributed by atoms with Crippen LogP contribution in [-0.2, 0) is 12.5 Å². The average molecular weight is 459 g/mol. The third kappa shape index (κ3) is 3.06. The van der Waals surface area contributed by atoms with Crippen LogP contribution in [0.4, 0.5) is 0 Å². The maximum absolute atomic E-state index is 4.14. The predicted octanol–water partition coefficient (Wildman–Crippen LogP) is 4.52. The van der Waals surface area contributed by atoms with Crippen molar-refractivity contribution in [2.75, 3.05) is 7.05 Å². The number of fused-ring (bicyclic) bond motifs is 6. The molecule has 4 heteroatoms. The van der Waals surface area contributed by atoms with E-state index in [4.69, 9.17) is 0 Å². The van der Waals surface area contributed by atoms with Crippen LogP contribution in [0.3, 0.4) is 0 Å². The van der Waals surface area contributed by atoms with Gasteiger partial charge in [-0.05, 0) is 58.7 Å². The molecular weight excluding hydrogens is 428 g/mol. The molecule has 0 radical (unpaired) electrons. The van der Waals surface area contributed by atoms with Crippen molar-refractivity contribution in [2.45, 2.75) is 19.3 Å². The summed E-state index contributed by atoms with van der Waals surface area (Å²) in [5.74, 6) is 0. The molecule has 0 aliphatic heterocycles. The lowest BCUT2D eigenvalue weighted by atomic mass is 9.82. The largest absolute Gasteiger partial charge is 0.309 e. The van der Waals surface area contributed by atoms with Gasteiger partial charge in [0.15, 0.2) is 6.21 Å². The van der Waals surface area contributed by atoms with E-state index < -0.39 is 0 Å². The van der Waals surface area contributed by atoms with Gasteiger partial charge < -0.3 is 4.57 Å². The standard InChI is InChI=1S/C31H29N4/c1-6-21(13-14-32-4)35-29-12-11-22(34-16-15-33(5)20-34)17-25(29)26-18-24-23-9-7-8-10-27(23)31(2,3)28(24)19-30(26)35/h6-20H,1H2,2-5H3/q+1/p+1/b21-13+,32-14?. The summed E-state index contributed by atoms with van der Waals surface area (Å²) in [4.78, 5) is 3.12. The summed E-state index contributed by atoms with van der Waals surface area (Å²) in [5.41, 5.74) is 9.93. The van der Waals surface area contributed by atoms with Crippen LogP contribution < -0.4 is 9.56 Å². The van der Waals surface area contributed by atoms with Gasteiger partial charge in [0.2, 0.25) is 6.33 Å². The van der Waals surface area contributed by atoms with Gasteiger partial charge in [0, 0.05) is 22.3 Å². The van der Waals surface area contributed by atoms with Gasteiger partial charge in [-0.15, -0.1) is 0 Å². The number of rotatable bonds is 4. The van der Waals surface area contributed by atoms with Crippen LogP contribution in [0.2, 0.25) is 0 Å². The second-order valence-electron chi connectivity index (χ2n) is 9.86. The first-order valence-corrected chi connectivity index (χ1v) is 12.0. The van der Waals surface area contributed by atoms with Crippen molar-refractivity contribution in [3.8, 4) is 16.8 Å². The lowest BCUT2D eigenvalue weighted by Gasteiger charge is -2.21. The van der Waals surface area contributed by atoms with E-state index in [1.165, 1.54) is 44.1 Å².